The van der Waals surface area contributed by atoms with E-state index in [0.717, 1.165) is 0 Å². The van der Waals surface area contributed by atoms with Gasteiger partial charge in [-0.25, -0.2) is 0 Å². The molecule has 0 aromatic carbocycles. The van der Waals surface area contributed by atoms with Crippen LogP contribution in [0.2, 0.25) is 0 Å². The predicted octanol–water partition coefficient (Wildman–Crippen LogP) is 2.78. The molecule has 0 saturated heterocycles. The Kier molecular flexibility index (Phi) is 8.11. The van der Waals surface area contributed by atoms with E-state index in [1.807, 2.05) is 27.7 Å². The first-order chi connectivity index (χ1) is 9.82. The zero-order valence-electron chi connectivity index (χ0n) is 13.8. The summed E-state index contributed by atoms with van der Waals surface area (Å²) in [5.74, 6) is -0.817. The van der Waals surface area contributed by atoms with E-state index in [4.69, 9.17) is 10.5 Å². The van der Waals surface area contributed by atoms with Gasteiger partial charge in [-0.15, -0.1) is 0 Å². The molecule has 22 heavy (non-hydrogen) atoms. The van der Waals surface area contributed by atoms with Gasteiger partial charge in [0.1, 0.15) is 0 Å². The molecule has 0 radical (unpaired) electrons. The highest BCUT2D eigenvalue weighted by molar-refractivity contribution is 5.87. The largest absolute Gasteiger partial charge is 0.409 e. The van der Waals surface area contributed by atoms with E-state index in [2.05, 4.69) is 5.32 Å². The highest BCUT2D eigenvalue weighted by Crippen LogP contribution is 2.18. The first kappa shape index (κ1) is 20.9. The molecular weight excluding hydrogens is 297 g/mol. The van der Waals surface area contributed by atoms with E-state index in [9.17, 15) is 18.0 Å². The lowest BCUT2D eigenvalue weighted by molar-refractivity contribution is -0.118. The molecule has 1 amide bonds. The Bertz CT molecular complexity index is 379. The molecular formula is C15H27F3N2O2. The maximum atomic E-state index is 12.0. The Balaban J connectivity index is 4.30. The predicted molar refractivity (Wildman–Crippen MR) is 80.3 cm³/mol. The van der Waals surface area contributed by atoms with E-state index in [-0.39, 0.29) is 29.7 Å². The third-order valence-corrected chi connectivity index (χ3v) is 3.20. The molecule has 130 valence electrons. The van der Waals surface area contributed by atoms with Crippen molar-refractivity contribution in [3.8, 4) is 0 Å². The molecule has 0 aromatic rings. The van der Waals surface area contributed by atoms with E-state index in [1.165, 1.54) is 0 Å². The number of rotatable bonds is 8. The van der Waals surface area contributed by atoms with Crippen LogP contribution in [0.3, 0.4) is 0 Å². The lowest BCUT2D eigenvalue weighted by Crippen LogP contribution is -2.40. The Labute approximate surface area is 130 Å². The number of hydrogen-bond donors (Lipinski definition) is 2. The van der Waals surface area contributed by atoms with E-state index < -0.39 is 12.1 Å². The molecule has 3 unspecified atom stereocenters. The number of allylic oxidation sites excluding steroid dienone is 1. The van der Waals surface area contributed by atoms with E-state index in [1.54, 1.807) is 6.92 Å². The van der Waals surface area contributed by atoms with Gasteiger partial charge in [-0.2, -0.15) is 13.2 Å². The number of halogens is 3. The first-order valence-corrected chi connectivity index (χ1v) is 7.28. The summed E-state index contributed by atoms with van der Waals surface area (Å²) in [6, 6.07) is -0.300. The average molecular weight is 324 g/mol. The van der Waals surface area contributed by atoms with Crippen LogP contribution in [-0.2, 0) is 9.53 Å². The third-order valence-electron chi connectivity index (χ3n) is 3.20. The zero-order chi connectivity index (χ0) is 17.6. The lowest BCUT2D eigenvalue weighted by atomic mass is 9.99. The zero-order valence-corrected chi connectivity index (χ0v) is 13.8. The second kappa shape index (κ2) is 8.53. The van der Waals surface area contributed by atoms with Crippen molar-refractivity contribution in [2.75, 3.05) is 6.61 Å². The van der Waals surface area contributed by atoms with Crippen LogP contribution in [-0.4, -0.2) is 36.4 Å². The summed E-state index contributed by atoms with van der Waals surface area (Å²) in [6.07, 6.45) is -3.39. The van der Waals surface area contributed by atoms with Crippen molar-refractivity contribution < 1.29 is 22.7 Å². The van der Waals surface area contributed by atoms with Crippen molar-refractivity contribution in [3.05, 3.63) is 12.2 Å². The molecule has 0 aliphatic carbocycles. The summed E-state index contributed by atoms with van der Waals surface area (Å²) < 4.78 is 41.7. The average Bonchev–Trinajstić information content (AvgIpc) is 2.31. The van der Waals surface area contributed by atoms with Gasteiger partial charge in [-0.1, -0.05) is 6.92 Å². The van der Waals surface area contributed by atoms with Gasteiger partial charge >= 0.3 is 6.18 Å². The normalized spacial score (nSPS) is 17.3. The van der Waals surface area contributed by atoms with Crippen LogP contribution >= 0.6 is 0 Å². The van der Waals surface area contributed by atoms with Crippen LogP contribution in [0.4, 0.5) is 13.2 Å². The van der Waals surface area contributed by atoms with Crippen molar-refractivity contribution in [3.63, 3.8) is 0 Å². The topological polar surface area (TPSA) is 64.3 Å². The van der Waals surface area contributed by atoms with Crippen LogP contribution < -0.4 is 11.1 Å². The number of ether oxygens (including phenoxy) is 1. The molecule has 0 heterocycles. The molecule has 0 fully saturated rings. The van der Waals surface area contributed by atoms with Crippen LogP contribution in [0.5, 0.6) is 0 Å². The van der Waals surface area contributed by atoms with Crippen LogP contribution in [0.1, 0.15) is 41.0 Å². The minimum absolute atomic E-state index is 0.00920. The maximum Gasteiger partial charge on any atom is 0.409 e. The number of carbonyl (C=O) groups is 1. The molecule has 0 aliphatic heterocycles. The Morgan fingerprint density at radius 3 is 2.27 bits per heavy atom. The highest BCUT2D eigenvalue weighted by Gasteiger charge is 2.24. The van der Waals surface area contributed by atoms with Gasteiger partial charge < -0.3 is 15.8 Å². The minimum Gasteiger partial charge on any atom is -0.375 e. The monoisotopic (exact) mass is 324 g/mol. The van der Waals surface area contributed by atoms with E-state index in [0.29, 0.717) is 19.1 Å². The Hall–Kier alpha value is -1.08. The SMILES string of the molecule is CC(N)CC(C)(C)OCC(C)C(C)NC(=O)/C=C\C(F)(F)F. The number of nitrogens with two attached hydrogens (primary N) is 1. The summed E-state index contributed by atoms with van der Waals surface area (Å²) in [6.45, 7) is 9.72. The van der Waals surface area contributed by atoms with Gasteiger partial charge in [0, 0.05) is 24.2 Å². The summed E-state index contributed by atoms with van der Waals surface area (Å²) >= 11 is 0. The molecule has 0 saturated carbocycles. The van der Waals surface area contributed by atoms with E-state index >= 15 is 0 Å². The molecule has 0 bridgehead atoms. The molecule has 3 atom stereocenters. The van der Waals surface area contributed by atoms with Gasteiger partial charge in [0.2, 0.25) is 5.91 Å². The molecule has 0 spiro atoms. The maximum absolute atomic E-state index is 12.0. The summed E-state index contributed by atoms with van der Waals surface area (Å²) in [5.41, 5.74) is 5.36. The second-order valence-electron chi connectivity index (χ2n) is 6.40. The van der Waals surface area contributed by atoms with Gasteiger partial charge in [0.15, 0.2) is 0 Å². The van der Waals surface area contributed by atoms with Gasteiger partial charge in [0.25, 0.3) is 0 Å². The fraction of sp³-hybridized carbons (Fsp3) is 0.800. The van der Waals surface area contributed by atoms with Crippen LogP contribution in [0.25, 0.3) is 0 Å². The number of alkyl halides is 3. The number of nitrogens with one attached hydrogen (secondary N) is 1. The van der Waals surface area contributed by atoms with Crippen LogP contribution in [0.15, 0.2) is 12.2 Å². The van der Waals surface area contributed by atoms with Gasteiger partial charge in [0.05, 0.1) is 12.2 Å². The molecule has 0 rings (SSSR count). The first-order valence-electron chi connectivity index (χ1n) is 7.28. The highest BCUT2D eigenvalue weighted by atomic mass is 19.4. The summed E-state index contributed by atoms with van der Waals surface area (Å²) in [5, 5.41) is 2.50. The van der Waals surface area contributed by atoms with Crippen molar-refractivity contribution in [2.45, 2.75) is 64.9 Å². The number of hydrogen-bond acceptors (Lipinski definition) is 3. The second-order valence-corrected chi connectivity index (χ2v) is 6.40. The molecule has 0 aliphatic rings. The Morgan fingerprint density at radius 1 is 1.27 bits per heavy atom. The van der Waals surface area contributed by atoms with Crippen molar-refractivity contribution in [1.29, 1.82) is 0 Å². The van der Waals surface area contributed by atoms with Crippen LogP contribution in [0, 0.1) is 5.92 Å². The van der Waals surface area contributed by atoms with Gasteiger partial charge in [-0.3, -0.25) is 4.79 Å². The number of amides is 1. The quantitative estimate of drug-likeness (QED) is 0.675. The molecule has 7 heteroatoms. The summed E-state index contributed by atoms with van der Waals surface area (Å²) in [7, 11) is 0. The Morgan fingerprint density at radius 2 is 1.82 bits per heavy atom. The fourth-order valence-electron chi connectivity index (χ4n) is 1.92. The smallest absolute Gasteiger partial charge is 0.375 e. The van der Waals surface area contributed by atoms with Crippen molar-refractivity contribution in [1.82, 2.24) is 5.32 Å². The van der Waals surface area contributed by atoms with Crippen molar-refractivity contribution >= 4 is 5.91 Å². The molecule has 0 aromatic heterocycles. The lowest BCUT2D eigenvalue weighted by Gasteiger charge is -2.30. The third kappa shape index (κ3) is 10.6. The standard InChI is InChI=1S/C15H27F3N2O2/c1-10(9-22-14(4,5)8-11(2)19)12(3)20-13(21)6-7-15(16,17)18/h6-7,10-12H,8-9,19H2,1-5H3,(H,20,21)/b7-6-. The van der Waals surface area contributed by atoms with Gasteiger partial charge in [-0.05, 0) is 40.0 Å². The molecule has 4 nitrogen and oxygen atoms in total. The number of carbonyl (C=O) groups excluding carboxylic acids is 1. The molecule has 3 N–H and O–H groups in total. The summed E-state index contributed by atoms with van der Waals surface area (Å²) in [4.78, 5) is 11.4. The fourth-order valence-corrected chi connectivity index (χ4v) is 1.92. The van der Waals surface area contributed by atoms with Crippen molar-refractivity contribution in [2.24, 2.45) is 11.7 Å². The minimum atomic E-state index is -4.49.